The highest BCUT2D eigenvalue weighted by atomic mass is 19.4. The van der Waals surface area contributed by atoms with Crippen molar-refractivity contribution in [2.45, 2.75) is 37.9 Å². The number of carboxylic acids is 1. The number of aliphatic carboxylic acids is 1. The summed E-state index contributed by atoms with van der Waals surface area (Å²) < 4.78 is 38.2. The fraction of sp³-hybridized carbons (Fsp3) is 0.538. The summed E-state index contributed by atoms with van der Waals surface area (Å²) in [6.07, 6.45) is -1.54. The fourth-order valence-corrected chi connectivity index (χ4v) is 2.45. The maximum absolute atomic E-state index is 12.7. The Labute approximate surface area is 114 Å². The van der Waals surface area contributed by atoms with Crippen molar-refractivity contribution >= 4 is 11.8 Å². The van der Waals surface area contributed by atoms with Gasteiger partial charge in [0.05, 0.1) is 5.56 Å². The van der Waals surface area contributed by atoms with E-state index in [-0.39, 0.29) is 5.82 Å². The number of halogens is 3. The number of hydrogen-bond acceptors (Lipinski definition) is 3. The molecular weight excluding hydrogens is 273 g/mol. The lowest BCUT2D eigenvalue weighted by Crippen LogP contribution is -2.55. The zero-order valence-electron chi connectivity index (χ0n) is 10.9. The maximum Gasteiger partial charge on any atom is 0.416 e. The molecule has 1 saturated heterocycles. The molecule has 20 heavy (non-hydrogen) atoms. The standard InChI is InChI=1S/C13H15F3N2O2/c1-12(11(19)20)5-2-3-7-18(12)10-8-9(4-6-17-10)13(14,15)16/h4,6,8H,2-3,5,7H2,1H3,(H,19,20). The lowest BCUT2D eigenvalue weighted by atomic mass is 9.88. The molecule has 0 amide bonds. The van der Waals surface area contributed by atoms with Crippen LogP contribution in [0.25, 0.3) is 0 Å². The van der Waals surface area contributed by atoms with Crippen molar-refractivity contribution in [2.24, 2.45) is 0 Å². The van der Waals surface area contributed by atoms with Gasteiger partial charge in [0.25, 0.3) is 0 Å². The summed E-state index contributed by atoms with van der Waals surface area (Å²) in [6, 6.07) is 1.79. The second-order valence-electron chi connectivity index (χ2n) is 5.09. The van der Waals surface area contributed by atoms with Crippen molar-refractivity contribution in [3.8, 4) is 0 Å². The van der Waals surface area contributed by atoms with E-state index in [1.165, 1.54) is 11.8 Å². The third-order valence-corrected chi connectivity index (χ3v) is 3.70. The van der Waals surface area contributed by atoms with Crippen LogP contribution in [0.1, 0.15) is 31.7 Å². The normalized spacial score (nSPS) is 23.7. The van der Waals surface area contributed by atoms with E-state index in [0.29, 0.717) is 13.0 Å². The molecule has 0 saturated carbocycles. The van der Waals surface area contributed by atoms with Crippen LogP contribution in [0.2, 0.25) is 0 Å². The summed E-state index contributed by atoms with van der Waals surface area (Å²) >= 11 is 0. The summed E-state index contributed by atoms with van der Waals surface area (Å²) in [6.45, 7) is 1.91. The first-order valence-corrected chi connectivity index (χ1v) is 6.29. The van der Waals surface area contributed by atoms with Gasteiger partial charge < -0.3 is 10.0 Å². The molecule has 1 aromatic heterocycles. The van der Waals surface area contributed by atoms with Gasteiger partial charge in [0.1, 0.15) is 11.4 Å². The summed E-state index contributed by atoms with van der Waals surface area (Å²) in [5.74, 6) is -0.985. The Morgan fingerprint density at radius 2 is 2.15 bits per heavy atom. The molecule has 4 nitrogen and oxygen atoms in total. The molecule has 0 bridgehead atoms. The van der Waals surface area contributed by atoms with Gasteiger partial charge >= 0.3 is 12.1 Å². The van der Waals surface area contributed by atoms with Crippen LogP contribution in [-0.2, 0) is 11.0 Å². The second-order valence-corrected chi connectivity index (χ2v) is 5.09. The van der Waals surface area contributed by atoms with Crippen molar-refractivity contribution in [3.63, 3.8) is 0 Å². The van der Waals surface area contributed by atoms with Gasteiger partial charge in [-0.05, 0) is 38.3 Å². The van der Waals surface area contributed by atoms with Crippen molar-refractivity contribution in [3.05, 3.63) is 23.9 Å². The van der Waals surface area contributed by atoms with Gasteiger partial charge in [0.2, 0.25) is 0 Å². The van der Waals surface area contributed by atoms with Crippen molar-refractivity contribution in [1.82, 2.24) is 4.98 Å². The minimum absolute atomic E-state index is 0.0597. The molecule has 1 aromatic rings. The number of carboxylic acid groups (broad SMARTS) is 1. The number of pyridine rings is 1. The predicted octanol–water partition coefficient (Wildman–Crippen LogP) is 2.93. The van der Waals surface area contributed by atoms with Crippen LogP contribution in [0.5, 0.6) is 0 Å². The Morgan fingerprint density at radius 3 is 2.75 bits per heavy atom. The van der Waals surface area contributed by atoms with Crippen LogP contribution in [0.15, 0.2) is 18.3 Å². The largest absolute Gasteiger partial charge is 0.480 e. The lowest BCUT2D eigenvalue weighted by molar-refractivity contribution is -0.143. The van der Waals surface area contributed by atoms with Gasteiger partial charge in [0.15, 0.2) is 0 Å². The summed E-state index contributed by atoms with van der Waals surface area (Å²) in [7, 11) is 0. The van der Waals surface area contributed by atoms with Gasteiger partial charge in [-0.3, -0.25) is 0 Å². The Balaban J connectivity index is 2.41. The molecule has 0 aliphatic carbocycles. The molecule has 0 spiro atoms. The number of rotatable bonds is 2. The molecule has 1 unspecified atom stereocenters. The fourth-order valence-electron chi connectivity index (χ4n) is 2.45. The molecule has 2 rings (SSSR count). The highest BCUT2D eigenvalue weighted by Crippen LogP contribution is 2.35. The summed E-state index contributed by atoms with van der Waals surface area (Å²) in [5, 5.41) is 9.37. The van der Waals surface area contributed by atoms with Crippen molar-refractivity contribution in [2.75, 3.05) is 11.4 Å². The third kappa shape index (κ3) is 2.57. The smallest absolute Gasteiger partial charge is 0.416 e. The van der Waals surface area contributed by atoms with Crippen LogP contribution in [-0.4, -0.2) is 28.1 Å². The number of nitrogens with zero attached hydrogens (tertiary/aromatic N) is 2. The van der Waals surface area contributed by atoms with E-state index in [1.54, 1.807) is 0 Å². The number of aromatic nitrogens is 1. The number of hydrogen-bond donors (Lipinski definition) is 1. The van der Waals surface area contributed by atoms with Crippen LogP contribution >= 0.6 is 0 Å². The SMILES string of the molecule is CC1(C(=O)O)CCCCN1c1cc(C(F)(F)F)ccn1. The first-order chi connectivity index (χ1) is 9.25. The van der Waals surface area contributed by atoms with Crippen LogP contribution < -0.4 is 4.90 Å². The molecule has 2 heterocycles. The lowest BCUT2D eigenvalue weighted by Gasteiger charge is -2.42. The molecule has 1 fully saturated rings. The topological polar surface area (TPSA) is 53.4 Å². The molecular formula is C13H15F3N2O2. The predicted molar refractivity (Wildman–Crippen MR) is 66.5 cm³/mol. The van der Waals surface area contributed by atoms with E-state index < -0.39 is 23.2 Å². The summed E-state index contributed by atoms with van der Waals surface area (Å²) in [4.78, 5) is 16.8. The van der Waals surface area contributed by atoms with E-state index in [0.717, 1.165) is 31.2 Å². The number of anilines is 1. The highest BCUT2D eigenvalue weighted by molar-refractivity contribution is 5.83. The monoisotopic (exact) mass is 288 g/mol. The van der Waals surface area contributed by atoms with E-state index in [9.17, 15) is 23.1 Å². The van der Waals surface area contributed by atoms with Gasteiger partial charge in [0, 0.05) is 12.7 Å². The van der Waals surface area contributed by atoms with Crippen molar-refractivity contribution in [1.29, 1.82) is 0 Å². The molecule has 1 atom stereocenters. The second kappa shape index (κ2) is 4.96. The minimum atomic E-state index is -4.47. The quantitative estimate of drug-likeness (QED) is 0.909. The Morgan fingerprint density at radius 1 is 1.45 bits per heavy atom. The average molecular weight is 288 g/mol. The maximum atomic E-state index is 12.7. The Bertz CT molecular complexity index is 519. The molecule has 0 radical (unpaired) electrons. The van der Waals surface area contributed by atoms with Crippen LogP contribution in [0, 0.1) is 0 Å². The zero-order chi connectivity index (χ0) is 15.0. The minimum Gasteiger partial charge on any atom is -0.480 e. The van der Waals surface area contributed by atoms with Crippen LogP contribution in [0.3, 0.4) is 0 Å². The van der Waals surface area contributed by atoms with E-state index in [1.807, 2.05) is 0 Å². The molecule has 0 aromatic carbocycles. The molecule has 7 heteroatoms. The molecule has 1 N–H and O–H groups in total. The van der Waals surface area contributed by atoms with Gasteiger partial charge in [-0.15, -0.1) is 0 Å². The van der Waals surface area contributed by atoms with Crippen LogP contribution in [0.4, 0.5) is 19.0 Å². The van der Waals surface area contributed by atoms with Crippen molar-refractivity contribution < 1.29 is 23.1 Å². The number of alkyl halides is 3. The molecule has 1 aliphatic rings. The number of piperidine rings is 1. The van der Waals surface area contributed by atoms with E-state index in [4.69, 9.17) is 0 Å². The first kappa shape index (κ1) is 14.6. The van der Waals surface area contributed by atoms with Gasteiger partial charge in [-0.2, -0.15) is 13.2 Å². The van der Waals surface area contributed by atoms with E-state index >= 15 is 0 Å². The van der Waals surface area contributed by atoms with E-state index in [2.05, 4.69) is 4.98 Å². The van der Waals surface area contributed by atoms with Gasteiger partial charge in [-0.1, -0.05) is 0 Å². The molecule has 110 valence electrons. The number of carbonyl (C=O) groups is 1. The zero-order valence-corrected chi connectivity index (χ0v) is 10.9. The highest BCUT2D eigenvalue weighted by Gasteiger charge is 2.42. The third-order valence-electron chi connectivity index (χ3n) is 3.70. The summed E-state index contributed by atoms with van der Waals surface area (Å²) in [5.41, 5.74) is -2.03. The van der Waals surface area contributed by atoms with Gasteiger partial charge in [-0.25, -0.2) is 9.78 Å². The first-order valence-electron chi connectivity index (χ1n) is 6.29. The Hall–Kier alpha value is -1.79. The Kier molecular flexibility index (Phi) is 3.62. The average Bonchev–Trinajstić information content (AvgIpc) is 2.38. The molecule has 1 aliphatic heterocycles.